The van der Waals surface area contributed by atoms with E-state index in [1.807, 2.05) is 32.9 Å². The molecule has 0 atom stereocenters. The number of Topliss-reactive ketones (excluding diaryl/α,β-unsaturated/α-hetero) is 1. The molecule has 0 aliphatic heterocycles. The molecule has 0 saturated carbocycles. The number of ketones is 1. The number of carbonyl (C=O) groups excluding carboxylic acids is 2. The fourth-order valence-electron chi connectivity index (χ4n) is 3.06. The number of aromatic nitrogens is 1. The maximum Gasteiger partial charge on any atom is 0.269 e. The summed E-state index contributed by atoms with van der Waals surface area (Å²) in [6.45, 7) is 6.11. The number of thiazole rings is 1. The van der Waals surface area contributed by atoms with Gasteiger partial charge in [-0.1, -0.05) is 50.2 Å². The maximum absolute atomic E-state index is 13.2. The standard InChI is InChI=1S/C25H25FN2O3S/c1-16(2)14-27-23(30)15-28-24(13-21(29)20-7-5-4-6-17(20)3)32-22(25(28)31)12-18-8-10-19(26)11-9-18/h4-13,16H,14-15H2,1-3H3,(H,27,30)/b22-12+,24-13-. The maximum atomic E-state index is 13.2. The number of benzene rings is 2. The van der Waals surface area contributed by atoms with E-state index in [4.69, 9.17) is 0 Å². The topological polar surface area (TPSA) is 68.2 Å². The Balaban J connectivity index is 2.08. The predicted molar refractivity (Wildman–Crippen MR) is 126 cm³/mol. The largest absolute Gasteiger partial charge is 0.354 e. The van der Waals surface area contributed by atoms with Gasteiger partial charge < -0.3 is 5.32 Å². The molecule has 3 aromatic rings. The molecular formula is C25H25FN2O3S. The van der Waals surface area contributed by atoms with Crippen molar-refractivity contribution >= 4 is 35.2 Å². The van der Waals surface area contributed by atoms with Crippen LogP contribution in [0.15, 0.2) is 53.3 Å². The summed E-state index contributed by atoms with van der Waals surface area (Å²) in [6, 6.07) is 13.0. The highest BCUT2D eigenvalue weighted by molar-refractivity contribution is 7.07. The van der Waals surface area contributed by atoms with Crippen LogP contribution in [0, 0.1) is 18.7 Å². The van der Waals surface area contributed by atoms with E-state index in [9.17, 15) is 18.8 Å². The molecule has 7 heteroatoms. The van der Waals surface area contributed by atoms with Crippen molar-refractivity contribution in [1.82, 2.24) is 9.88 Å². The van der Waals surface area contributed by atoms with Crippen LogP contribution in [-0.4, -0.2) is 22.8 Å². The van der Waals surface area contributed by atoms with Crippen molar-refractivity contribution in [2.24, 2.45) is 5.92 Å². The van der Waals surface area contributed by atoms with E-state index in [-0.39, 0.29) is 35.5 Å². The van der Waals surface area contributed by atoms with Gasteiger partial charge in [-0.2, -0.15) is 0 Å². The van der Waals surface area contributed by atoms with Crippen molar-refractivity contribution in [3.8, 4) is 0 Å². The van der Waals surface area contributed by atoms with E-state index >= 15 is 0 Å². The molecule has 0 aliphatic carbocycles. The summed E-state index contributed by atoms with van der Waals surface area (Å²) in [5.74, 6) is -0.640. The first kappa shape index (κ1) is 23.3. The van der Waals surface area contributed by atoms with Gasteiger partial charge in [0.05, 0.1) is 4.53 Å². The summed E-state index contributed by atoms with van der Waals surface area (Å²) in [5, 5.41) is 2.80. The Morgan fingerprint density at radius 3 is 2.47 bits per heavy atom. The van der Waals surface area contributed by atoms with Crippen LogP contribution in [0.3, 0.4) is 0 Å². The molecule has 0 saturated heterocycles. The van der Waals surface area contributed by atoms with E-state index in [0.717, 1.165) is 16.9 Å². The molecule has 5 nitrogen and oxygen atoms in total. The third kappa shape index (κ3) is 5.88. The first-order valence-corrected chi connectivity index (χ1v) is 11.1. The van der Waals surface area contributed by atoms with E-state index < -0.39 is 0 Å². The zero-order valence-electron chi connectivity index (χ0n) is 18.2. The van der Waals surface area contributed by atoms with E-state index in [0.29, 0.717) is 26.9 Å². The van der Waals surface area contributed by atoms with Crippen LogP contribution in [0.2, 0.25) is 0 Å². The number of halogens is 1. The Morgan fingerprint density at radius 2 is 1.81 bits per heavy atom. The van der Waals surface area contributed by atoms with Gasteiger partial charge in [-0.3, -0.25) is 19.0 Å². The fraction of sp³-hybridized carbons (Fsp3) is 0.240. The van der Waals surface area contributed by atoms with E-state index in [1.165, 1.54) is 22.8 Å². The highest BCUT2D eigenvalue weighted by atomic mass is 32.1. The second-order valence-electron chi connectivity index (χ2n) is 7.91. The number of amides is 1. The average Bonchev–Trinajstić information content (AvgIpc) is 3.03. The van der Waals surface area contributed by atoms with Crippen molar-refractivity contribution in [2.45, 2.75) is 27.3 Å². The van der Waals surface area contributed by atoms with Gasteiger partial charge >= 0.3 is 0 Å². The summed E-state index contributed by atoms with van der Waals surface area (Å²) in [7, 11) is 0. The third-order valence-electron chi connectivity index (χ3n) is 4.78. The molecule has 0 unspecified atom stereocenters. The van der Waals surface area contributed by atoms with Crippen molar-refractivity contribution in [3.05, 3.63) is 90.6 Å². The van der Waals surface area contributed by atoms with Crippen LogP contribution in [0.5, 0.6) is 0 Å². The average molecular weight is 453 g/mol. The van der Waals surface area contributed by atoms with Crippen LogP contribution in [0.1, 0.15) is 35.3 Å². The van der Waals surface area contributed by atoms with Crippen LogP contribution < -0.4 is 20.1 Å². The van der Waals surface area contributed by atoms with Gasteiger partial charge in [0.2, 0.25) is 5.91 Å². The van der Waals surface area contributed by atoms with E-state index in [2.05, 4.69) is 5.32 Å². The van der Waals surface area contributed by atoms with Gasteiger partial charge in [0, 0.05) is 18.2 Å². The number of aryl methyl sites for hydroxylation is 1. The number of carbonyl (C=O) groups is 2. The molecule has 32 heavy (non-hydrogen) atoms. The van der Waals surface area contributed by atoms with E-state index in [1.54, 1.807) is 30.3 Å². The number of nitrogens with zero attached hydrogens (tertiary/aromatic N) is 1. The molecule has 1 aromatic heterocycles. The Kier molecular flexibility index (Phi) is 7.53. The summed E-state index contributed by atoms with van der Waals surface area (Å²) >= 11 is 1.13. The highest BCUT2D eigenvalue weighted by Crippen LogP contribution is 2.08. The normalized spacial score (nSPS) is 12.4. The Hall–Kier alpha value is -3.32. The van der Waals surface area contributed by atoms with Gasteiger partial charge in [0.25, 0.3) is 5.56 Å². The molecule has 166 valence electrons. The number of nitrogens with one attached hydrogen (secondary N) is 1. The lowest BCUT2D eigenvalue weighted by Crippen LogP contribution is -2.39. The van der Waals surface area contributed by atoms with Crippen molar-refractivity contribution in [3.63, 3.8) is 0 Å². The Bertz CT molecular complexity index is 1300. The van der Waals surface area contributed by atoms with Crippen molar-refractivity contribution in [1.29, 1.82) is 0 Å². The van der Waals surface area contributed by atoms with Crippen LogP contribution in [0.4, 0.5) is 4.39 Å². The Labute approximate surface area is 189 Å². The highest BCUT2D eigenvalue weighted by Gasteiger charge is 2.12. The lowest BCUT2D eigenvalue weighted by atomic mass is 10.1. The number of hydrogen-bond donors (Lipinski definition) is 1. The molecule has 2 aromatic carbocycles. The molecule has 1 heterocycles. The molecule has 0 spiro atoms. The molecular weight excluding hydrogens is 427 g/mol. The molecule has 0 fully saturated rings. The smallest absolute Gasteiger partial charge is 0.269 e. The first-order valence-electron chi connectivity index (χ1n) is 10.3. The first-order chi connectivity index (χ1) is 15.2. The minimum Gasteiger partial charge on any atom is -0.354 e. The minimum atomic E-state index is -0.372. The summed E-state index contributed by atoms with van der Waals surface area (Å²) in [4.78, 5) is 38.4. The molecule has 0 bridgehead atoms. The minimum absolute atomic E-state index is 0.188. The van der Waals surface area contributed by atoms with Gasteiger partial charge in [-0.05, 0) is 42.2 Å². The lowest BCUT2D eigenvalue weighted by molar-refractivity contribution is -0.121. The van der Waals surface area contributed by atoms with Crippen LogP contribution in [0.25, 0.3) is 12.2 Å². The molecule has 0 aliphatic rings. The Morgan fingerprint density at radius 1 is 1.12 bits per heavy atom. The lowest BCUT2D eigenvalue weighted by Gasteiger charge is -2.08. The second-order valence-corrected chi connectivity index (χ2v) is 8.98. The zero-order valence-corrected chi connectivity index (χ0v) is 19.0. The molecule has 3 rings (SSSR count). The second kappa shape index (κ2) is 10.3. The van der Waals surface area contributed by atoms with Crippen molar-refractivity contribution < 1.29 is 14.0 Å². The number of hydrogen-bond acceptors (Lipinski definition) is 4. The summed E-state index contributed by atoms with van der Waals surface area (Å²) in [5.41, 5.74) is 1.64. The molecule has 0 radical (unpaired) electrons. The summed E-state index contributed by atoms with van der Waals surface area (Å²) < 4.78 is 15.3. The molecule has 1 N–H and O–H groups in total. The fourth-order valence-corrected chi connectivity index (χ4v) is 4.10. The quantitative estimate of drug-likeness (QED) is 0.561. The van der Waals surface area contributed by atoms with Crippen molar-refractivity contribution in [2.75, 3.05) is 6.54 Å². The van der Waals surface area contributed by atoms with Crippen LogP contribution in [-0.2, 0) is 11.3 Å². The summed E-state index contributed by atoms with van der Waals surface area (Å²) in [6.07, 6.45) is 3.02. The zero-order chi connectivity index (χ0) is 23.3. The van der Waals surface area contributed by atoms with Gasteiger partial charge in [0.1, 0.15) is 17.0 Å². The monoisotopic (exact) mass is 452 g/mol. The third-order valence-corrected chi connectivity index (χ3v) is 5.84. The van der Waals surface area contributed by atoms with Gasteiger partial charge in [0.15, 0.2) is 5.78 Å². The number of rotatable bonds is 7. The predicted octanol–water partition coefficient (Wildman–Crippen LogP) is 2.62. The SMILES string of the molecule is Cc1ccccc1C(=O)/C=c1\s/c(=C/c2ccc(F)cc2)c(=O)n1CC(=O)NCC(C)C. The van der Waals surface area contributed by atoms with Gasteiger partial charge in [-0.25, -0.2) is 4.39 Å². The van der Waals surface area contributed by atoms with Gasteiger partial charge in [-0.15, -0.1) is 11.3 Å². The molecule has 1 amide bonds. The van der Waals surface area contributed by atoms with Crippen LogP contribution >= 0.6 is 11.3 Å².